The summed E-state index contributed by atoms with van der Waals surface area (Å²) in [4.78, 5) is 33.0. The molecule has 0 saturated carbocycles. The van der Waals surface area contributed by atoms with Gasteiger partial charge in [0.05, 0.1) is 11.7 Å². The Morgan fingerprint density at radius 3 is 2.54 bits per heavy atom. The molecule has 0 fully saturated rings. The minimum Gasteiger partial charge on any atom is -0.296 e. The van der Waals surface area contributed by atoms with Crippen LogP contribution < -0.4 is 11.3 Å². The molecule has 208 valence electrons. The van der Waals surface area contributed by atoms with E-state index in [9.17, 15) is 9.59 Å². The smallest absolute Gasteiger partial charge is 0.296 e. The first-order valence-electron chi connectivity index (χ1n) is 13.9. The highest BCUT2D eigenvalue weighted by Gasteiger charge is 2.31. The topological polar surface area (TPSA) is 122 Å². The van der Waals surface area contributed by atoms with Crippen molar-refractivity contribution < 1.29 is 4.52 Å². The van der Waals surface area contributed by atoms with Crippen LogP contribution in [-0.2, 0) is 19.5 Å². The Kier molecular flexibility index (Phi) is 7.28. The zero-order valence-electron chi connectivity index (χ0n) is 23.0. The van der Waals surface area contributed by atoms with E-state index in [0.29, 0.717) is 30.3 Å². The average Bonchev–Trinajstić information content (AvgIpc) is 3.62. The maximum absolute atomic E-state index is 14.0. The Labute approximate surface area is 236 Å². The third-order valence-electron chi connectivity index (χ3n) is 7.58. The summed E-state index contributed by atoms with van der Waals surface area (Å²) in [6.45, 7) is 4.32. The number of nitrogens with zero attached hydrogens (tertiary/aromatic N) is 6. The van der Waals surface area contributed by atoms with Crippen molar-refractivity contribution >= 4 is 0 Å². The van der Waals surface area contributed by atoms with E-state index in [1.54, 1.807) is 4.57 Å². The van der Waals surface area contributed by atoms with Crippen molar-refractivity contribution in [2.24, 2.45) is 10.3 Å². The van der Waals surface area contributed by atoms with E-state index in [2.05, 4.69) is 33.5 Å². The zero-order valence-corrected chi connectivity index (χ0v) is 23.0. The van der Waals surface area contributed by atoms with Crippen LogP contribution in [0.4, 0.5) is 0 Å². The minimum absolute atomic E-state index is 0.0000175. The van der Waals surface area contributed by atoms with E-state index in [0.717, 1.165) is 47.2 Å². The van der Waals surface area contributed by atoms with Crippen LogP contribution in [0.1, 0.15) is 42.4 Å². The molecule has 6 rings (SSSR count). The zero-order chi connectivity index (χ0) is 28.3. The molecule has 2 unspecified atom stereocenters. The lowest BCUT2D eigenvalue weighted by molar-refractivity contribution is 0.199. The summed E-state index contributed by atoms with van der Waals surface area (Å²) in [7, 11) is 0. The Morgan fingerprint density at radius 2 is 1.78 bits per heavy atom. The van der Waals surface area contributed by atoms with Gasteiger partial charge >= 0.3 is 5.76 Å². The maximum Gasteiger partial charge on any atom is 0.439 e. The van der Waals surface area contributed by atoms with E-state index >= 15 is 0 Å². The molecule has 2 aromatic heterocycles. The summed E-state index contributed by atoms with van der Waals surface area (Å²) in [5.41, 5.74) is 5.18. The molecule has 0 amide bonds. The van der Waals surface area contributed by atoms with Crippen LogP contribution in [0.15, 0.2) is 97.3 Å². The average molecular weight is 550 g/mol. The van der Waals surface area contributed by atoms with Crippen LogP contribution in [0, 0.1) is 6.92 Å². The lowest BCUT2D eigenvalue weighted by Crippen LogP contribution is -2.39. The number of unbranched alkanes of at least 4 members (excludes halogenated alkanes) is 1. The van der Waals surface area contributed by atoms with Gasteiger partial charge in [0.1, 0.15) is 18.5 Å². The molecule has 0 saturated heterocycles. The summed E-state index contributed by atoms with van der Waals surface area (Å²) in [6.07, 6.45) is 11.3. The molecular formula is C31H31N7O3. The highest BCUT2D eigenvalue weighted by atomic mass is 16.5. The van der Waals surface area contributed by atoms with E-state index < -0.39 is 5.76 Å². The summed E-state index contributed by atoms with van der Waals surface area (Å²) >= 11 is 0. The maximum atomic E-state index is 14.0. The second-order valence-electron chi connectivity index (χ2n) is 10.3. The molecule has 10 heteroatoms. The van der Waals surface area contributed by atoms with E-state index in [1.807, 2.05) is 78.7 Å². The number of H-pyrrole nitrogens is 1. The number of allylic oxidation sites excluding steroid dienone is 2. The van der Waals surface area contributed by atoms with Crippen molar-refractivity contribution in [3.63, 3.8) is 0 Å². The highest BCUT2D eigenvalue weighted by Crippen LogP contribution is 2.30. The lowest BCUT2D eigenvalue weighted by Gasteiger charge is -2.25. The SMILES string of the molecule is CCCCc1nc(C)n(CN2N=NC3C=CC=CC32)c(=O)c1Cc1ccc(-c2ccccc2-c2noc(=O)[nH]2)cc1. The van der Waals surface area contributed by atoms with Gasteiger partial charge in [-0.3, -0.25) is 18.9 Å². The predicted molar refractivity (Wildman–Crippen MR) is 155 cm³/mol. The molecule has 3 heterocycles. The molecule has 1 N–H and O–H groups in total. The van der Waals surface area contributed by atoms with Gasteiger partial charge in [-0.2, -0.15) is 5.11 Å². The van der Waals surface area contributed by atoms with Gasteiger partial charge < -0.3 is 0 Å². The third kappa shape index (κ3) is 5.32. The second-order valence-corrected chi connectivity index (χ2v) is 10.3. The third-order valence-corrected chi connectivity index (χ3v) is 7.58. The van der Waals surface area contributed by atoms with Gasteiger partial charge in [-0.25, -0.2) is 14.8 Å². The van der Waals surface area contributed by atoms with Gasteiger partial charge in [0.2, 0.25) is 0 Å². The normalized spacial score (nSPS) is 17.4. The Morgan fingerprint density at radius 1 is 1.00 bits per heavy atom. The van der Waals surface area contributed by atoms with Crippen LogP contribution in [0.3, 0.4) is 0 Å². The van der Waals surface area contributed by atoms with Gasteiger partial charge in [0.15, 0.2) is 5.82 Å². The predicted octanol–water partition coefficient (Wildman–Crippen LogP) is 5.00. The van der Waals surface area contributed by atoms with Gasteiger partial charge in [0, 0.05) is 17.5 Å². The van der Waals surface area contributed by atoms with Crippen molar-refractivity contribution in [1.29, 1.82) is 0 Å². The monoisotopic (exact) mass is 549 g/mol. The lowest BCUT2D eigenvalue weighted by atomic mass is 9.96. The molecule has 0 bridgehead atoms. The van der Waals surface area contributed by atoms with E-state index in [-0.39, 0.29) is 17.6 Å². The molecule has 0 radical (unpaired) electrons. The number of hydrogen-bond donors (Lipinski definition) is 1. The number of rotatable bonds is 9. The fraction of sp³-hybridized carbons (Fsp3) is 0.290. The van der Waals surface area contributed by atoms with Crippen LogP contribution in [-0.4, -0.2) is 36.8 Å². The fourth-order valence-corrected chi connectivity index (χ4v) is 5.36. The molecular weight excluding hydrogens is 518 g/mol. The number of aromatic amines is 1. The van der Waals surface area contributed by atoms with E-state index in [1.165, 1.54) is 0 Å². The number of aryl methyl sites for hydroxylation is 2. The quantitative estimate of drug-likeness (QED) is 0.314. The van der Waals surface area contributed by atoms with Gasteiger partial charge in [-0.1, -0.05) is 96.6 Å². The second kappa shape index (κ2) is 11.3. The first kappa shape index (κ1) is 26.4. The molecule has 2 aliphatic rings. The minimum atomic E-state index is -0.596. The molecule has 10 nitrogen and oxygen atoms in total. The van der Waals surface area contributed by atoms with Gasteiger partial charge in [-0.15, -0.1) is 0 Å². The Bertz CT molecular complexity index is 1760. The summed E-state index contributed by atoms with van der Waals surface area (Å²) < 4.78 is 6.42. The number of aromatic nitrogens is 4. The number of nitrogens with one attached hydrogen (secondary N) is 1. The number of fused-ring (bicyclic) bond motifs is 1. The summed E-state index contributed by atoms with van der Waals surface area (Å²) in [6, 6.07) is 15.8. The number of hydrogen-bond acceptors (Lipinski definition) is 8. The van der Waals surface area contributed by atoms with Crippen LogP contribution in [0.5, 0.6) is 0 Å². The van der Waals surface area contributed by atoms with Gasteiger partial charge in [0.25, 0.3) is 5.56 Å². The first-order valence-corrected chi connectivity index (χ1v) is 13.9. The van der Waals surface area contributed by atoms with Crippen molar-refractivity contribution in [2.45, 2.75) is 58.3 Å². The number of benzene rings is 2. The van der Waals surface area contributed by atoms with E-state index in [4.69, 9.17) is 9.51 Å². The molecule has 2 aromatic carbocycles. The highest BCUT2D eigenvalue weighted by molar-refractivity contribution is 5.80. The van der Waals surface area contributed by atoms with Crippen molar-refractivity contribution in [3.8, 4) is 22.5 Å². The van der Waals surface area contributed by atoms with Crippen molar-refractivity contribution in [1.82, 2.24) is 24.7 Å². The molecule has 2 atom stereocenters. The standard InChI is InChI=1S/C31H31N7O3/c1-3-4-11-26-25(30(39)37(20(2)32-26)19-38-28-13-8-7-12-27(28)34-36-38)18-21-14-16-22(17-15-21)23-9-5-6-10-24(23)29-33-31(40)41-35-29/h5-10,12-17,27-28H,3-4,11,18-19H2,1-2H3,(H,33,35,40). The molecule has 1 aliphatic carbocycles. The van der Waals surface area contributed by atoms with Crippen molar-refractivity contribution in [2.75, 3.05) is 0 Å². The molecule has 1 aliphatic heterocycles. The Hall–Kier alpha value is -4.86. The molecule has 0 spiro atoms. The van der Waals surface area contributed by atoms with Crippen LogP contribution in [0.2, 0.25) is 0 Å². The molecule has 41 heavy (non-hydrogen) atoms. The molecule has 4 aromatic rings. The summed E-state index contributed by atoms with van der Waals surface area (Å²) in [5, 5.41) is 14.4. The first-order chi connectivity index (χ1) is 20.0. The van der Waals surface area contributed by atoms with Crippen molar-refractivity contribution in [3.05, 3.63) is 116 Å². The fourth-order valence-electron chi connectivity index (χ4n) is 5.36. The largest absolute Gasteiger partial charge is 0.439 e. The Balaban J connectivity index is 1.30. The van der Waals surface area contributed by atoms with Crippen LogP contribution >= 0.6 is 0 Å². The summed E-state index contributed by atoms with van der Waals surface area (Å²) in [5.74, 6) is 0.461. The van der Waals surface area contributed by atoms with Gasteiger partial charge in [-0.05, 0) is 36.5 Å². The van der Waals surface area contributed by atoms with Crippen LogP contribution in [0.25, 0.3) is 22.5 Å².